The Morgan fingerprint density at radius 1 is 1.56 bits per heavy atom. The topological polar surface area (TPSA) is 41.0 Å². The highest BCUT2D eigenvalue weighted by Crippen LogP contribution is 2.17. The van der Waals surface area contributed by atoms with E-state index in [1.165, 1.54) is 6.42 Å². The Kier molecular flexibility index (Phi) is 3.85. The molecule has 1 N–H and O–H groups in total. The van der Waals surface area contributed by atoms with Crippen LogP contribution in [0.4, 0.5) is 0 Å². The molecule has 88 valence electrons. The zero-order valence-corrected chi connectivity index (χ0v) is 10.1. The Labute approximate surface area is 97.1 Å². The van der Waals surface area contributed by atoms with E-state index in [-0.39, 0.29) is 0 Å². The minimum absolute atomic E-state index is 0.668. The van der Waals surface area contributed by atoms with Gasteiger partial charge in [-0.1, -0.05) is 6.92 Å². The Morgan fingerprint density at radius 3 is 3.06 bits per heavy atom. The molecule has 1 saturated heterocycles. The molecule has 0 amide bonds. The quantitative estimate of drug-likeness (QED) is 0.822. The summed E-state index contributed by atoms with van der Waals surface area (Å²) in [5, 5.41) is 3.39. The highest BCUT2D eigenvalue weighted by molar-refractivity contribution is 4.98. The van der Waals surface area contributed by atoms with Crippen LogP contribution < -0.4 is 5.32 Å². The van der Waals surface area contributed by atoms with Gasteiger partial charge in [-0.15, -0.1) is 0 Å². The summed E-state index contributed by atoms with van der Waals surface area (Å²) >= 11 is 0. The second-order valence-corrected chi connectivity index (χ2v) is 4.60. The van der Waals surface area contributed by atoms with Crippen molar-refractivity contribution in [1.82, 2.24) is 20.2 Å². The average molecular weight is 220 g/mol. The molecule has 0 bridgehead atoms. The lowest BCUT2D eigenvalue weighted by molar-refractivity contribution is 0.143. The summed E-state index contributed by atoms with van der Waals surface area (Å²) in [5.74, 6) is 0.709. The van der Waals surface area contributed by atoms with Gasteiger partial charge in [-0.2, -0.15) is 0 Å². The first-order chi connectivity index (χ1) is 7.79. The van der Waals surface area contributed by atoms with Crippen LogP contribution in [-0.2, 0) is 6.54 Å². The minimum Gasteiger partial charge on any atom is -0.317 e. The van der Waals surface area contributed by atoms with E-state index in [1.54, 1.807) is 6.33 Å². The van der Waals surface area contributed by atoms with Crippen molar-refractivity contribution >= 4 is 0 Å². The monoisotopic (exact) mass is 220 g/mol. The standard InChI is InChI=1S/C12H20N4/c1-10-7-16(6-4-12(10)13-2)8-11-3-5-14-9-15-11/h3,5,9-10,12-13H,4,6-8H2,1-2H3. The van der Waals surface area contributed by atoms with Crippen LogP contribution in [0.1, 0.15) is 19.0 Å². The number of hydrogen-bond acceptors (Lipinski definition) is 4. The van der Waals surface area contributed by atoms with Gasteiger partial charge in [-0.05, 0) is 25.5 Å². The van der Waals surface area contributed by atoms with Crippen molar-refractivity contribution in [2.45, 2.75) is 25.9 Å². The number of aromatic nitrogens is 2. The molecule has 0 spiro atoms. The number of rotatable bonds is 3. The minimum atomic E-state index is 0.668. The van der Waals surface area contributed by atoms with Crippen LogP contribution in [0.2, 0.25) is 0 Å². The zero-order chi connectivity index (χ0) is 11.4. The molecule has 0 aromatic carbocycles. The molecule has 0 aliphatic carbocycles. The van der Waals surface area contributed by atoms with Crippen LogP contribution in [0.5, 0.6) is 0 Å². The average Bonchev–Trinajstić information content (AvgIpc) is 2.31. The van der Waals surface area contributed by atoms with E-state index >= 15 is 0 Å². The third kappa shape index (κ3) is 2.77. The molecule has 1 aromatic heterocycles. The van der Waals surface area contributed by atoms with Crippen LogP contribution in [0.3, 0.4) is 0 Å². The Hall–Kier alpha value is -1.00. The molecule has 2 unspecified atom stereocenters. The van der Waals surface area contributed by atoms with Gasteiger partial charge >= 0.3 is 0 Å². The van der Waals surface area contributed by atoms with E-state index in [1.807, 2.05) is 12.3 Å². The smallest absolute Gasteiger partial charge is 0.115 e. The summed E-state index contributed by atoms with van der Waals surface area (Å²) in [7, 11) is 2.06. The van der Waals surface area contributed by atoms with Crippen molar-refractivity contribution in [2.75, 3.05) is 20.1 Å². The molecule has 1 aliphatic heterocycles. The number of piperidine rings is 1. The Bertz CT molecular complexity index is 314. The van der Waals surface area contributed by atoms with E-state index in [4.69, 9.17) is 0 Å². The number of nitrogens with zero attached hydrogens (tertiary/aromatic N) is 3. The number of likely N-dealkylation sites (tertiary alicyclic amines) is 1. The van der Waals surface area contributed by atoms with E-state index in [0.29, 0.717) is 12.0 Å². The van der Waals surface area contributed by atoms with Gasteiger partial charge in [0.05, 0.1) is 5.69 Å². The normalized spacial score (nSPS) is 26.9. The summed E-state index contributed by atoms with van der Waals surface area (Å²) in [5.41, 5.74) is 1.12. The summed E-state index contributed by atoms with van der Waals surface area (Å²) < 4.78 is 0. The maximum Gasteiger partial charge on any atom is 0.115 e. The van der Waals surface area contributed by atoms with Crippen molar-refractivity contribution in [2.24, 2.45) is 5.92 Å². The first kappa shape index (κ1) is 11.5. The third-order valence-electron chi connectivity index (χ3n) is 3.39. The van der Waals surface area contributed by atoms with Crippen molar-refractivity contribution in [1.29, 1.82) is 0 Å². The summed E-state index contributed by atoms with van der Waals surface area (Å²) in [6, 6.07) is 2.66. The zero-order valence-electron chi connectivity index (χ0n) is 10.1. The lowest BCUT2D eigenvalue weighted by atomic mass is 9.94. The van der Waals surface area contributed by atoms with Gasteiger partial charge in [0.2, 0.25) is 0 Å². The van der Waals surface area contributed by atoms with Gasteiger partial charge in [0.25, 0.3) is 0 Å². The van der Waals surface area contributed by atoms with Gasteiger partial charge in [0.15, 0.2) is 0 Å². The van der Waals surface area contributed by atoms with Gasteiger partial charge < -0.3 is 5.32 Å². The first-order valence-electron chi connectivity index (χ1n) is 5.94. The predicted molar refractivity (Wildman–Crippen MR) is 63.9 cm³/mol. The summed E-state index contributed by atoms with van der Waals surface area (Å²) in [4.78, 5) is 10.7. The van der Waals surface area contributed by atoms with Crippen molar-refractivity contribution in [3.63, 3.8) is 0 Å². The fourth-order valence-electron chi connectivity index (χ4n) is 2.45. The predicted octanol–water partition coefficient (Wildman–Crippen LogP) is 0.906. The molecular formula is C12H20N4. The summed E-state index contributed by atoms with van der Waals surface area (Å²) in [6.07, 6.45) is 4.66. The molecule has 2 heterocycles. The maximum atomic E-state index is 4.27. The molecule has 2 atom stereocenters. The lowest BCUT2D eigenvalue weighted by Gasteiger charge is -2.36. The molecule has 4 heteroatoms. The Balaban J connectivity index is 1.89. The molecule has 16 heavy (non-hydrogen) atoms. The highest BCUT2D eigenvalue weighted by Gasteiger charge is 2.24. The number of nitrogens with one attached hydrogen (secondary N) is 1. The molecule has 1 fully saturated rings. The third-order valence-corrected chi connectivity index (χ3v) is 3.39. The van der Waals surface area contributed by atoms with Crippen molar-refractivity contribution in [3.05, 3.63) is 24.3 Å². The van der Waals surface area contributed by atoms with Crippen LogP contribution in [-0.4, -0.2) is 41.0 Å². The molecular weight excluding hydrogens is 200 g/mol. The highest BCUT2D eigenvalue weighted by atomic mass is 15.2. The van der Waals surface area contributed by atoms with Crippen LogP contribution in [0.15, 0.2) is 18.6 Å². The first-order valence-corrected chi connectivity index (χ1v) is 5.94. The Morgan fingerprint density at radius 2 is 2.44 bits per heavy atom. The largest absolute Gasteiger partial charge is 0.317 e. The molecule has 4 nitrogen and oxygen atoms in total. The molecule has 0 radical (unpaired) electrons. The summed E-state index contributed by atoms with van der Waals surface area (Å²) in [6.45, 7) is 5.56. The second kappa shape index (κ2) is 5.37. The van der Waals surface area contributed by atoms with Crippen LogP contribution >= 0.6 is 0 Å². The molecule has 1 aromatic rings. The fraction of sp³-hybridized carbons (Fsp3) is 0.667. The maximum absolute atomic E-state index is 4.27. The van der Waals surface area contributed by atoms with Gasteiger partial charge in [-0.3, -0.25) is 4.90 Å². The molecule has 2 rings (SSSR count). The van der Waals surface area contributed by atoms with E-state index in [9.17, 15) is 0 Å². The van der Waals surface area contributed by atoms with Gasteiger partial charge in [-0.25, -0.2) is 9.97 Å². The van der Waals surface area contributed by atoms with Crippen LogP contribution in [0.25, 0.3) is 0 Å². The van der Waals surface area contributed by atoms with Crippen LogP contribution in [0, 0.1) is 5.92 Å². The lowest BCUT2D eigenvalue weighted by Crippen LogP contribution is -2.46. The SMILES string of the molecule is CNC1CCN(Cc2ccncn2)CC1C. The second-order valence-electron chi connectivity index (χ2n) is 4.60. The van der Waals surface area contributed by atoms with Gasteiger partial charge in [0, 0.05) is 31.9 Å². The van der Waals surface area contributed by atoms with Gasteiger partial charge in [0.1, 0.15) is 6.33 Å². The van der Waals surface area contributed by atoms with Crippen molar-refractivity contribution < 1.29 is 0 Å². The number of hydrogen-bond donors (Lipinski definition) is 1. The fourth-order valence-corrected chi connectivity index (χ4v) is 2.45. The van der Waals surface area contributed by atoms with E-state index < -0.39 is 0 Å². The molecule has 1 aliphatic rings. The van der Waals surface area contributed by atoms with Crippen molar-refractivity contribution in [3.8, 4) is 0 Å². The van der Waals surface area contributed by atoms with E-state index in [2.05, 4.69) is 34.2 Å². The van der Waals surface area contributed by atoms with E-state index in [0.717, 1.165) is 25.3 Å². The molecule has 0 saturated carbocycles.